The third kappa shape index (κ3) is 2.91. The highest BCUT2D eigenvalue weighted by molar-refractivity contribution is 8.00. The number of pyridine rings is 1. The largest absolute Gasteiger partial charge is 0.261 e. The molecule has 0 amide bonds. The molecule has 0 aliphatic heterocycles. The summed E-state index contributed by atoms with van der Waals surface area (Å²) < 4.78 is 0. The van der Waals surface area contributed by atoms with E-state index in [1.54, 1.807) is 17.1 Å². The van der Waals surface area contributed by atoms with E-state index in [2.05, 4.69) is 11.2 Å². The van der Waals surface area contributed by atoms with E-state index in [-0.39, 0.29) is 0 Å². The van der Waals surface area contributed by atoms with Gasteiger partial charge in [0.2, 0.25) is 0 Å². The molecule has 0 fully saturated rings. The Labute approximate surface area is 82.6 Å². The van der Waals surface area contributed by atoms with Gasteiger partial charge in [0.15, 0.2) is 0 Å². The quantitative estimate of drug-likeness (QED) is 0.688. The molecule has 0 aliphatic rings. The Morgan fingerprint density at radius 2 is 2.50 bits per heavy atom. The molecule has 1 aromatic heterocycles. The summed E-state index contributed by atoms with van der Waals surface area (Å²) in [5.74, 6) is 0. The summed E-state index contributed by atoms with van der Waals surface area (Å²) in [6, 6.07) is 5.96. The molecule has 0 saturated heterocycles. The van der Waals surface area contributed by atoms with Crippen LogP contribution in [0, 0.1) is 0 Å². The molecule has 3 heteroatoms. The van der Waals surface area contributed by atoms with E-state index in [9.17, 15) is 0 Å². The maximum Gasteiger partial charge on any atom is 0.0418 e. The minimum Gasteiger partial charge on any atom is -0.261 e. The Morgan fingerprint density at radius 3 is 3.00 bits per heavy atom. The van der Waals surface area contributed by atoms with Crippen molar-refractivity contribution >= 4 is 29.3 Å². The van der Waals surface area contributed by atoms with E-state index in [4.69, 9.17) is 12.2 Å². The lowest BCUT2D eigenvalue weighted by Gasteiger charge is -2.06. The van der Waals surface area contributed by atoms with Crippen molar-refractivity contribution in [1.29, 1.82) is 0 Å². The minimum absolute atomic E-state index is 0.412. The van der Waals surface area contributed by atoms with Crippen molar-refractivity contribution in [3.05, 3.63) is 30.1 Å². The van der Waals surface area contributed by atoms with E-state index >= 15 is 0 Å². The maximum absolute atomic E-state index is 4.90. The van der Waals surface area contributed by atoms with E-state index in [0.29, 0.717) is 5.25 Å². The van der Waals surface area contributed by atoms with Gasteiger partial charge in [-0.3, -0.25) is 4.98 Å². The first-order valence-electron chi connectivity index (χ1n) is 3.75. The molecule has 0 radical (unpaired) electrons. The molecular weight excluding hydrogens is 186 g/mol. The summed E-state index contributed by atoms with van der Waals surface area (Å²) in [5.41, 5.74) is 1.11. The van der Waals surface area contributed by atoms with Crippen LogP contribution in [0.5, 0.6) is 0 Å². The van der Waals surface area contributed by atoms with Gasteiger partial charge in [0.05, 0.1) is 0 Å². The number of aromatic nitrogens is 1. The Morgan fingerprint density at radius 1 is 1.67 bits per heavy atom. The molecule has 0 bridgehead atoms. The molecule has 1 heterocycles. The van der Waals surface area contributed by atoms with Crippen molar-refractivity contribution in [3.8, 4) is 0 Å². The summed E-state index contributed by atoms with van der Waals surface area (Å²) in [7, 11) is 0. The van der Waals surface area contributed by atoms with Crippen LogP contribution in [0.2, 0.25) is 0 Å². The second-order valence-electron chi connectivity index (χ2n) is 2.44. The average Bonchev–Trinajstić information content (AvgIpc) is 2.16. The molecule has 0 aromatic carbocycles. The molecule has 1 unspecified atom stereocenters. The van der Waals surface area contributed by atoms with Crippen molar-refractivity contribution in [1.82, 2.24) is 4.98 Å². The molecule has 1 aromatic rings. The smallest absolute Gasteiger partial charge is 0.0418 e. The Kier molecular flexibility index (Phi) is 4.25. The summed E-state index contributed by atoms with van der Waals surface area (Å²) in [6.07, 6.45) is 4.82. The lowest BCUT2D eigenvalue weighted by molar-refractivity contribution is 1.00. The standard InChI is InChI=1S/C9H11NS2/c1-12-9(7-11)6-8-4-2-3-5-10-8/h2-5,7,9H,6H2,1H3. The van der Waals surface area contributed by atoms with Crippen molar-refractivity contribution in [2.45, 2.75) is 11.7 Å². The molecule has 64 valence electrons. The van der Waals surface area contributed by atoms with Gasteiger partial charge in [-0.25, -0.2) is 0 Å². The molecule has 0 spiro atoms. The third-order valence-corrected chi connectivity index (χ3v) is 3.00. The fraction of sp³-hybridized carbons (Fsp3) is 0.333. The predicted octanol–water partition coefficient (Wildman–Crippen LogP) is 2.36. The highest BCUT2D eigenvalue weighted by Crippen LogP contribution is 2.09. The summed E-state index contributed by atoms with van der Waals surface area (Å²) in [4.78, 5) is 4.23. The Hall–Kier alpha value is -0.410. The number of rotatable bonds is 4. The predicted molar refractivity (Wildman–Crippen MR) is 58.9 cm³/mol. The number of hydrogen-bond donors (Lipinski definition) is 0. The second-order valence-corrected chi connectivity index (χ2v) is 3.78. The van der Waals surface area contributed by atoms with Crippen molar-refractivity contribution in [2.75, 3.05) is 6.26 Å². The van der Waals surface area contributed by atoms with Crippen molar-refractivity contribution < 1.29 is 0 Å². The molecule has 1 rings (SSSR count). The van der Waals surface area contributed by atoms with Crippen LogP contribution in [0.1, 0.15) is 5.69 Å². The highest BCUT2D eigenvalue weighted by atomic mass is 32.2. The van der Waals surface area contributed by atoms with Crippen LogP contribution >= 0.6 is 24.0 Å². The van der Waals surface area contributed by atoms with E-state index in [1.807, 2.05) is 24.4 Å². The van der Waals surface area contributed by atoms with Gasteiger partial charge in [-0.05, 0) is 23.8 Å². The van der Waals surface area contributed by atoms with E-state index < -0.39 is 0 Å². The fourth-order valence-electron chi connectivity index (χ4n) is 0.912. The topological polar surface area (TPSA) is 12.9 Å². The van der Waals surface area contributed by atoms with Gasteiger partial charge in [0.25, 0.3) is 0 Å². The SMILES string of the molecule is CSC(C=S)Cc1ccccn1. The Bertz CT molecular complexity index is 236. The highest BCUT2D eigenvalue weighted by Gasteiger charge is 2.03. The first kappa shape index (κ1) is 9.68. The number of thioether (sulfide) groups is 1. The van der Waals surface area contributed by atoms with Gasteiger partial charge in [-0.1, -0.05) is 18.3 Å². The normalized spacial score (nSPS) is 12.4. The van der Waals surface area contributed by atoms with Crippen LogP contribution in [-0.2, 0) is 6.42 Å². The first-order valence-corrected chi connectivity index (χ1v) is 5.50. The monoisotopic (exact) mass is 197 g/mol. The number of nitrogens with zero attached hydrogens (tertiary/aromatic N) is 1. The minimum atomic E-state index is 0.412. The molecular formula is C9H11NS2. The molecule has 0 saturated carbocycles. The lowest BCUT2D eigenvalue weighted by atomic mass is 10.2. The van der Waals surface area contributed by atoms with Crippen LogP contribution < -0.4 is 0 Å². The van der Waals surface area contributed by atoms with E-state index in [1.165, 1.54) is 0 Å². The van der Waals surface area contributed by atoms with Gasteiger partial charge in [0, 0.05) is 23.6 Å². The Balaban J connectivity index is 2.56. The van der Waals surface area contributed by atoms with E-state index in [0.717, 1.165) is 12.1 Å². The molecule has 1 nitrogen and oxygen atoms in total. The van der Waals surface area contributed by atoms with Gasteiger partial charge >= 0.3 is 0 Å². The van der Waals surface area contributed by atoms with Crippen LogP contribution in [0.3, 0.4) is 0 Å². The van der Waals surface area contributed by atoms with Crippen LogP contribution in [0.15, 0.2) is 24.4 Å². The molecule has 0 N–H and O–H groups in total. The number of hydrogen-bond acceptors (Lipinski definition) is 3. The molecule has 1 atom stereocenters. The molecule has 0 aliphatic carbocycles. The first-order chi connectivity index (χ1) is 5.86. The zero-order valence-electron chi connectivity index (χ0n) is 6.93. The third-order valence-electron chi connectivity index (χ3n) is 1.59. The van der Waals surface area contributed by atoms with Gasteiger partial charge in [-0.15, -0.1) is 0 Å². The van der Waals surface area contributed by atoms with Crippen molar-refractivity contribution in [2.24, 2.45) is 0 Å². The van der Waals surface area contributed by atoms with Gasteiger partial charge in [0.1, 0.15) is 0 Å². The van der Waals surface area contributed by atoms with Crippen molar-refractivity contribution in [3.63, 3.8) is 0 Å². The summed E-state index contributed by atoms with van der Waals surface area (Å²) in [6.45, 7) is 0. The zero-order valence-corrected chi connectivity index (χ0v) is 8.57. The van der Waals surface area contributed by atoms with Crippen LogP contribution in [0.4, 0.5) is 0 Å². The van der Waals surface area contributed by atoms with Crippen LogP contribution in [0.25, 0.3) is 0 Å². The average molecular weight is 197 g/mol. The summed E-state index contributed by atoms with van der Waals surface area (Å²) >= 11 is 6.66. The fourth-order valence-corrected chi connectivity index (χ4v) is 1.79. The van der Waals surface area contributed by atoms with Gasteiger partial charge in [-0.2, -0.15) is 11.8 Å². The van der Waals surface area contributed by atoms with Gasteiger partial charge < -0.3 is 0 Å². The van der Waals surface area contributed by atoms with Crippen LogP contribution in [-0.4, -0.2) is 21.9 Å². The maximum atomic E-state index is 4.90. The number of thiocarbonyl (C=S) groups is 1. The summed E-state index contributed by atoms with van der Waals surface area (Å²) in [5, 5.41) is 2.22. The zero-order chi connectivity index (χ0) is 8.81. The molecule has 12 heavy (non-hydrogen) atoms. The lowest BCUT2D eigenvalue weighted by Crippen LogP contribution is -2.07. The second kappa shape index (κ2) is 5.27.